The molecule has 2 atom stereocenters. The van der Waals surface area contributed by atoms with Gasteiger partial charge in [0.1, 0.15) is 0 Å². The third-order valence-electron chi connectivity index (χ3n) is 6.98. The number of rotatable bonds is 5. The van der Waals surface area contributed by atoms with Gasteiger partial charge in [-0.2, -0.15) is 0 Å². The Balaban J connectivity index is 1.62. The molecule has 0 amide bonds. The second-order valence-corrected chi connectivity index (χ2v) is 9.85. The Bertz CT molecular complexity index is 1300. The largest absolute Gasteiger partial charge is 0.493 e. The van der Waals surface area contributed by atoms with Gasteiger partial charge >= 0.3 is 0 Å². The summed E-state index contributed by atoms with van der Waals surface area (Å²) in [4.78, 5) is 13.8. The van der Waals surface area contributed by atoms with Crippen molar-refractivity contribution in [3.05, 3.63) is 93.1 Å². The van der Waals surface area contributed by atoms with Crippen LogP contribution >= 0.6 is 15.9 Å². The van der Waals surface area contributed by atoms with Crippen molar-refractivity contribution in [1.82, 2.24) is 0 Å². The first-order chi connectivity index (χ1) is 17.0. The molecular weight excluding hydrogens is 504 g/mol. The van der Waals surface area contributed by atoms with Crippen LogP contribution in [0, 0.1) is 0 Å². The molecule has 1 heterocycles. The lowest BCUT2D eigenvalue weighted by Crippen LogP contribution is -2.27. The topological polar surface area (TPSA) is 59.6 Å². The van der Waals surface area contributed by atoms with Gasteiger partial charge in [-0.15, -0.1) is 0 Å². The smallest absolute Gasteiger partial charge is 0.163 e. The van der Waals surface area contributed by atoms with Crippen LogP contribution in [0.4, 0.5) is 11.4 Å². The van der Waals surface area contributed by atoms with Gasteiger partial charge in [0, 0.05) is 22.2 Å². The lowest BCUT2D eigenvalue weighted by molar-refractivity contribution is -0.116. The predicted octanol–water partition coefficient (Wildman–Crippen LogP) is 7.01. The quantitative estimate of drug-likeness (QED) is 0.370. The molecule has 0 saturated heterocycles. The van der Waals surface area contributed by atoms with Gasteiger partial charge in [-0.25, -0.2) is 0 Å². The van der Waals surface area contributed by atoms with Gasteiger partial charge in [0.25, 0.3) is 0 Å². The summed E-state index contributed by atoms with van der Waals surface area (Å²) in [5.41, 5.74) is 7.09. The summed E-state index contributed by atoms with van der Waals surface area (Å²) >= 11 is 3.72. The number of carbonyl (C=O) groups excluding carboxylic acids is 1. The van der Waals surface area contributed by atoms with Gasteiger partial charge in [-0.1, -0.05) is 59.3 Å². The minimum absolute atomic E-state index is 0.138. The molecule has 5 rings (SSSR count). The predicted molar refractivity (Wildman–Crippen MR) is 144 cm³/mol. The van der Waals surface area contributed by atoms with Crippen molar-refractivity contribution in [3.63, 3.8) is 0 Å². The Labute approximate surface area is 214 Å². The van der Waals surface area contributed by atoms with E-state index in [9.17, 15) is 4.79 Å². The molecule has 1 aliphatic heterocycles. The molecule has 0 aromatic heterocycles. The van der Waals surface area contributed by atoms with Crippen LogP contribution in [-0.2, 0) is 11.2 Å². The molecule has 0 fully saturated rings. The summed E-state index contributed by atoms with van der Waals surface area (Å²) in [5.74, 6) is 1.54. The van der Waals surface area contributed by atoms with Gasteiger partial charge in [-0.3, -0.25) is 4.79 Å². The van der Waals surface area contributed by atoms with Gasteiger partial charge in [0.05, 0.1) is 31.6 Å². The van der Waals surface area contributed by atoms with Crippen LogP contribution in [0.3, 0.4) is 0 Å². The average molecular weight is 533 g/mol. The number of benzene rings is 3. The van der Waals surface area contributed by atoms with E-state index in [4.69, 9.17) is 9.47 Å². The highest BCUT2D eigenvalue weighted by atomic mass is 79.9. The van der Waals surface area contributed by atoms with Crippen molar-refractivity contribution in [1.29, 1.82) is 0 Å². The third kappa shape index (κ3) is 4.43. The molecule has 0 bridgehead atoms. The van der Waals surface area contributed by atoms with Gasteiger partial charge in [0.15, 0.2) is 17.3 Å². The van der Waals surface area contributed by atoms with E-state index in [1.165, 1.54) is 11.1 Å². The maximum Gasteiger partial charge on any atom is 0.163 e. The van der Waals surface area contributed by atoms with Crippen LogP contribution in [-0.4, -0.2) is 20.0 Å². The minimum Gasteiger partial charge on any atom is -0.493 e. The van der Waals surface area contributed by atoms with Crippen LogP contribution in [0.5, 0.6) is 11.5 Å². The Hall–Kier alpha value is -3.25. The summed E-state index contributed by atoms with van der Waals surface area (Å²) in [6, 6.07) is 20.3. The molecule has 2 unspecified atom stereocenters. The molecule has 2 aliphatic rings. The van der Waals surface area contributed by atoms with Crippen molar-refractivity contribution in [2.45, 2.75) is 38.1 Å². The molecule has 5 nitrogen and oxygen atoms in total. The molecule has 0 radical (unpaired) electrons. The minimum atomic E-state index is -0.341. The number of nitrogens with one attached hydrogen (secondary N) is 2. The van der Waals surface area contributed by atoms with E-state index in [1.807, 2.05) is 36.4 Å². The highest BCUT2D eigenvalue weighted by molar-refractivity contribution is 9.10. The van der Waals surface area contributed by atoms with E-state index in [2.05, 4.69) is 57.8 Å². The van der Waals surface area contributed by atoms with Crippen molar-refractivity contribution >= 4 is 33.1 Å². The summed E-state index contributed by atoms with van der Waals surface area (Å²) in [7, 11) is 3.24. The highest BCUT2D eigenvalue weighted by Crippen LogP contribution is 2.47. The Morgan fingerprint density at radius 2 is 1.63 bits per heavy atom. The first-order valence-corrected chi connectivity index (χ1v) is 12.7. The van der Waals surface area contributed by atoms with Crippen LogP contribution in [0.2, 0.25) is 0 Å². The van der Waals surface area contributed by atoms with E-state index >= 15 is 0 Å². The number of anilines is 2. The van der Waals surface area contributed by atoms with Crippen LogP contribution in [0.1, 0.15) is 48.4 Å². The van der Waals surface area contributed by atoms with E-state index < -0.39 is 0 Å². The van der Waals surface area contributed by atoms with E-state index in [-0.39, 0.29) is 17.7 Å². The van der Waals surface area contributed by atoms with Crippen LogP contribution in [0.25, 0.3) is 0 Å². The van der Waals surface area contributed by atoms with Crippen molar-refractivity contribution in [2.75, 3.05) is 24.9 Å². The van der Waals surface area contributed by atoms with Crippen molar-refractivity contribution in [3.8, 4) is 11.5 Å². The van der Waals surface area contributed by atoms with E-state index in [0.29, 0.717) is 17.9 Å². The van der Waals surface area contributed by atoms with Crippen LogP contribution < -0.4 is 20.1 Å². The molecule has 0 spiro atoms. The third-order valence-corrected chi connectivity index (χ3v) is 7.67. The summed E-state index contributed by atoms with van der Waals surface area (Å²) in [5, 5.41) is 7.25. The highest BCUT2D eigenvalue weighted by Gasteiger charge is 2.37. The fourth-order valence-corrected chi connectivity index (χ4v) is 5.63. The SMILES string of the molecule is CCc1ccc(C2CC(=O)C3=C(C2)Nc2ccccc2NC3c2cc(OC)c(OC)cc2Br)cc1. The van der Waals surface area contributed by atoms with Crippen LogP contribution in [0.15, 0.2) is 76.4 Å². The molecule has 6 heteroatoms. The van der Waals surface area contributed by atoms with E-state index in [0.717, 1.165) is 45.5 Å². The average Bonchev–Trinajstić information content (AvgIpc) is 3.05. The summed E-state index contributed by atoms with van der Waals surface area (Å²) in [6.07, 6.45) is 2.25. The lowest BCUT2D eigenvalue weighted by Gasteiger charge is -2.30. The fraction of sp³-hybridized carbons (Fsp3) is 0.276. The van der Waals surface area contributed by atoms with Crippen molar-refractivity contribution in [2.24, 2.45) is 0 Å². The van der Waals surface area contributed by atoms with Gasteiger partial charge in [-0.05, 0) is 59.7 Å². The lowest BCUT2D eigenvalue weighted by atomic mass is 9.78. The van der Waals surface area contributed by atoms with E-state index in [1.54, 1.807) is 14.2 Å². The molecular formula is C29H29BrN2O3. The van der Waals surface area contributed by atoms with Gasteiger partial charge < -0.3 is 20.1 Å². The number of ether oxygens (including phenoxy) is 2. The maximum atomic E-state index is 13.8. The monoisotopic (exact) mass is 532 g/mol. The fourth-order valence-electron chi connectivity index (χ4n) is 5.08. The standard InChI is InChI=1S/C29H29BrN2O3/c1-4-17-9-11-18(12-10-17)19-13-24-28(25(33)14-19)29(32-23-8-6-5-7-22(23)31-24)20-15-26(34-2)27(35-3)16-21(20)30/h5-12,15-16,19,29,31-32H,4,13-14H2,1-3H3. The molecule has 180 valence electrons. The number of hydrogen-bond acceptors (Lipinski definition) is 5. The zero-order valence-electron chi connectivity index (χ0n) is 20.2. The molecule has 0 saturated carbocycles. The first kappa shape index (κ1) is 23.5. The molecule has 2 N–H and O–H groups in total. The number of allylic oxidation sites excluding steroid dienone is 1. The number of ketones is 1. The Morgan fingerprint density at radius 3 is 2.31 bits per heavy atom. The number of halogens is 1. The Kier molecular flexibility index (Phi) is 6.56. The molecule has 35 heavy (non-hydrogen) atoms. The number of para-hydroxylation sites is 2. The number of hydrogen-bond donors (Lipinski definition) is 2. The number of aryl methyl sites for hydroxylation is 1. The number of methoxy groups -OCH3 is 2. The Morgan fingerprint density at radius 1 is 0.943 bits per heavy atom. The molecule has 1 aliphatic carbocycles. The molecule has 3 aromatic rings. The second kappa shape index (κ2) is 9.78. The summed E-state index contributed by atoms with van der Waals surface area (Å²) in [6.45, 7) is 2.16. The number of carbonyl (C=O) groups is 1. The zero-order chi connectivity index (χ0) is 24.5. The van der Waals surface area contributed by atoms with Gasteiger partial charge in [0.2, 0.25) is 0 Å². The number of fused-ring (bicyclic) bond motifs is 1. The molecule has 3 aromatic carbocycles. The maximum absolute atomic E-state index is 13.8. The first-order valence-electron chi connectivity index (χ1n) is 11.9. The zero-order valence-corrected chi connectivity index (χ0v) is 21.7. The second-order valence-electron chi connectivity index (χ2n) is 8.99. The number of Topliss-reactive ketones (excluding diaryl/α,β-unsaturated/α-hetero) is 1. The van der Waals surface area contributed by atoms with Crippen molar-refractivity contribution < 1.29 is 14.3 Å². The summed E-state index contributed by atoms with van der Waals surface area (Å²) < 4.78 is 11.9. The normalized spacial score (nSPS) is 19.1.